The number of ether oxygens (including phenoxy) is 1. The maximum atomic E-state index is 10.8. The molecule has 1 unspecified atom stereocenters. The fraction of sp³-hybridized carbons (Fsp3) is 0.267. The fourth-order valence-electron chi connectivity index (χ4n) is 2.02. The topological polar surface area (TPSA) is 58.6 Å². The summed E-state index contributed by atoms with van der Waals surface area (Å²) in [6, 6.07) is 11.2. The number of methoxy groups -OCH3 is 1. The van der Waals surface area contributed by atoms with Gasteiger partial charge in [0, 0.05) is 11.9 Å². The van der Waals surface area contributed by atoms with Gasteiger partial charge in [0.05, 0.1) is 7.11 Å². The molecule has 0 aromatic heterocycles. The molecule has 2 aromatic carbocycles. The predicted molar refractivity (Wildman–Crippen MR) is 74.4 cm³/mol. The van der Waals surface area contributed by atoms with Crippen LogP contribution in [-0.2, 0) is 11.3 Å². The second-order valence-corrected chi connectivity index (χ2v) is 4.41. The first-order valence-electron chi connectivity index (χ1n) is 6.14. The number of benzene rings is 2. The molecule has 0 bridgehead atoms. The summed E-state index contributed by atoms with van der Waals surface area (Å²) in [7, 11) is 1.65. The highest BCUT2D eigenvalue weighted by Crippen LogP contribution is 2.28. The number of carbonyl (C=O) groups is 1. The van der Waals surface area contributed by atoms with E-state index in [-0.39, 0.29) is 0 Å². The molecular formula is C15H17NO3. The number of fused-ring (bicyclic) bond motifs is 1. The lowest BCUT2D eigenvalue weighted by Crippen LogP contribution is -2.33. The molecule has 2 rings (SSSR count). The van der Waals surface area contributed by atoms with Crippen molar-refractivity contribution in [3.63, 3.8) is 0 Å². The zero-order valence-electron chi connectivity index (χ0n) is 11.0. The fourth-order valence-corrected chi connectivity index (χ4v) is 2.02. The zero-order chi connectivity index (χ0) is 13.8. The molecule has 1 atom stereocenters. The SMILES string of the molecule is COc1ccc(CNC(C)C(=O)O)c2ccccc12. The summed E-state index contributed by atoms with van der Waals surface area (Å²) < 4.78 is 5.33. The van der Waals surface area contributed by atoms with Gasteiger partial charge in [-0.3, -0.25) is 4.79 Å². The first-order chi connectivity index (χ1) is 9.13. The molecule has 0 fully saturated rings. The molecule has 0 aliphatic rings. The molecule has 0 aliphatic carbocycles. The lowest BCUT2D eigenvalue weighted by atomic mass is 10.0. The third-order valence-electron chi connectivity index (χ3n) is 3.16. The number of aliphatic carboxylic acids is 1. The quantitative estimate of drug-likeness (QED) is 0.865. The van der Waals surface area contributed by atoms with E-state index in [2.05, 4.69) is 5.32 Å². The van der Waals surface area contributed by atoms with Crippen molar-refractivity contribution in [1.29, 1.82) is 0 Å². The molecule has 0 saturated carbocycles. The highest BCUT2D eigenvalue weighted by molar-refractivity contribution is 5.91. The van der Waals surface area contributed by atoms with Crippen LogP contribution in [0.4, 0.5) is 0 Å². The van der Waals surface area contributed by atoms with Crippen molar-refractivity contribution in [1.82, 2.24) is 5.32 Å². The van der Waals surface area contributed by atoms with Gasteiger partial charge in [-0.2, -0.15) is 0 Å². The van der Waals surface area contributed by atoms with Crippen LogP contribution >= 0.6 is 0 Å². The molecular weight excluding hydrogens is 242 g/mol. The Bertz CT molecular complexity index is 595. The Morgan fingerprint density at radius 1 is 1.26 bits per heavy atom. The Labute approximate surface area is 112 Å². The maximum Gasteiger partial charge on any atom is 0.320 e. The molecule has 100 valence electrons. The van der Waals surface area contributed by atoms with Gasteiger partial charge < -0.3 is 15.2 Å². The Kier molecular flexibility index (Phi) is 4.02. The molecule has 4 heteroatoms. The standard InChI is InChI=1S/C15H17NO3/c1-10(15(17)18)16-9-11-7-8-14(19-2)13-6-4-3-5-12(11)13/h3-8,10,16H,9H2,1-2H3,(H,17,18). The maximum absolute atomic E-state index is 10.8. The Balaban J connectivity index is 2.32. The lowest BCUT2D eigenvalue weighted by Gasteiger charge is -2.13. The van der Waals surface area contributed by atoms with Crippen molar-refractivity contribution in [3.05, 3.63) is 42.0 Å². The minimum Gasteiger partial charge on any atom is -0.496 e. The molecule has 0 amide bonds. The molecule has 0 saturated heterocycles. The third kappa shape index (κ3) is 2.85. The summed E-state index contributed by atoms with van der Waals surface area (Å²) in [5.41, 5.74) is 1.06. The van der Waals surface area contributed by atoms with Crippen LogP contribution in [0.3, 0.4) is 0 Å². The normalized spacial score (nSPS) is 12.3. The summed E-state index contributed by atoms with van der Waals surface area (Å²) in [6.07, 6.45) is 0. The van der Waals surface area contributed by atoms with Crippen molar-refractivity contribution in [2.75, 3.05) is 7.11 Å². The largest absolute Gasteiger partial charge is 0.496 e. The van der Waals surface area contributed by atoms with E-state index in [1.165, 1.54) is 0 Å². The van der Waals surface area contributed by atoms with Gasteiger partial charge in [-0.05, 0) is 23.9 Å². The van der Waals surface area contributed by atoms with Crippen molar-refractivity contribution >= 4 is 16.7 Å². The number of carboxylic acid groups (broad SMARTS) is 1. The second kappa shape index (κ2) is 5.71. The van der Waals surface area contributed by atoms with E-state index in [0.717, 1.165) is 22.1 Å². The molecule has 0 heterocycles. The van der Waals surface area contributed by atoms with Gasteiger partial charge in [-0.25, -0.2) is 0 Å². The molecule has 19 heavy (non-hydrogen) atoms. The summed E-state index contributed by atoms with van der Waals surface area (Å²) in [5, 5.41) is 14.0. The van der Waals surface area contributed by atoms with Gasteiger partial charge in [-0.15, -0.1) is 0 Å². The van der Waals surface area contributed by atoms with Crippen molar-refractivity contribution in [3.8, 4) is 5.75 Å². The monoisotopic (exact) mass is 259 g/mol. The summed E-state index contributed by atoms with van der Waals surface area (Å²) in [6.45, 7) is 2.14. The van der Waals surface area contributed by atoms with Crippen molar-refractivity contribution in [2.45, 2.75) is 19.5 Å². The van der Waals surface area contributed by atoms with Crippen LogP contribution in [0.2, 0.25) is 0 Å². The number of nitrogens with one attached hydrogen (secondary N) is 1. The third-order valence-corrected chi connectivity index (χ3v) is 3.16. The Hall–Kier alpha value is -2.07. The summed E-state index contributed by atoms with van der Waals surface area (Å²) >= 11 is 0. The van der Waals surface area contributed by atoms with E-state index in [0.29, 0.717) is 6.54 Å². The van der Waals surface area contributed by atoms with Gasteiger partial charge in [0.1, 0.15) is 11.8 Å². The van der Waals surface area contributed by atoms with E-state index in [1.807, 2.05) is 36.4 Å². The average molecular weight is 259 g/mol. The van der Waals surface area contributed by atoms with Crippen molar-refractivity contribution < 1.29 is 14.6 Å². The average Bonchev–Trinajstić information content (AvgIpc) is 2.44. The Morgan fingerprint density at radius 2 is 1.95 bits per heavy atom. The van der Waals surface area contributed by atoms with E-state index in [4.69, 9.17) is 9.84 Å². The number of carboxylic acids is 1. The smallest absolute Gasteiger partial charge is 0.320 e. The summed E-state index contributed by atoms with van der Waals surface area (Å²) in [4.78, 5) is 10.8. The van der Waals surface area contributed by atoms with Crippen LogP contribution in [0.15, 0.2) is 36.4 Å². The summed E-state index contributed by atoms with van der Waals surface area (Å²) in [5.74, 6) is -0.0246. The highest BCUT2D eigenvalue weighted by Gasteiger charge is 2.11. The second-order valence-electron chi connectivity index (χ2n) is 4.41. The van der Waals surface area contributed by atoms with Gasteiger partial charge in [0.15, 0.2) is 0 Å². The van der Waals surface area contributed by atoms with Crippen LogP contribution in [0, 0.1) is 0 Å². The minimum absolute atomic E-state index is 0.512. The predicted octanol–water partition coefficient (Wildman–Crippen LogP) is 2.41. The molecule has 0 aliphatic heterocycles. The van der Waals surface area contributed by atoms with Crippen LogP contribution < -0.4 is 10.1 Å². The minimum atomic E-state index is -0.849. The molecule has 2 aromatic rings. The van der Waals surface area contributed by atoms with Gasteiger partial charge >= 0.3 is 5.97 Å². The number of rotatable bonds is 5. The van der Waals surface area contributed by atoms with Crippen LogP contribution in [0.25, 0.3) is 10.8 Å². The zero-order valence-corrected chi connectivity index (χ0v) is 11.0. The van der Waals surface area contributed by atoms with Crippen LogP contribution in [-0.4, -0.2) is 24.2 Å². The van der Waals surface area contributed by atoms with E-state index < -0.39 is 12.0 Å². The Morgan fingerprint density at radius 3 is 2.58 bits per heavy atom. The first kappa shape index (κ1) is 13.4. The molecule has 2 N–H and O–H groups in total. The molecule has 4 nitrogen and oxygen atoms in total. The molecule has 0 radical (unpaired) electrons. The first-order valence-corrected chi connectivity index (χ1v) is 6.14. The van der Waals surface area contributed by atoms with E-state index >= 15 is 0 Å². The number of hydrogen-bond acceptors (Lipinski definition) is 3. The van der Waals surface area contributed by atoms with E-state index in [9.17, 15) is 4.79 Å². The van der Waals surface area contributed by atoms with Gasteiger partial charge in [0.25, 0.3) is 0 Å². The molecule has 0 spiro atoms. The highest BCUT2D eigenvalue weighted by atomic mass is 16.5. The van der Waals surface area contributed by atoms with Gasteiger partial charge in [-0.1, -0.05) is 30.3 Å². The van der Waals surface area contributed by atoms with Crippen LogP contribution in [0.5, 0.6) is 5.75 Å². The van der Waals surface area contributed by atoms with Crippen LogP contribution in [0.1, 0.15) is 12.5 Å². The lowest BCUT2D eigenvalue weighted by molar-refractivity contribution is -0.139. The van der Waals surface area contributed by atoms with E-state index in [1.54, 1.807) is 14.0 Å². The van der Waals surface area contributed by atoms with Gasteiger partial charge in [0.2, 0.25) is 0 Å². The van der Waals surface area contributed by atoms with Crippen molar-refractivity contribution in [2.24, 2.45) is 0 Å². The number of hydrogen-bond donors (Lipinski definition) is 2.